The maximum atomic E-state index is 13.3. The van der Waals surface area contributed by atoms with Crippen LogP contribution in [-0.4, -0.2) is 70.3 Å². The van der Waals surface area contributed by atoms with Gasteiger partial charge in [-0.1, -0.05) is 12.1 Å². The van der Waals surface area contributed by atoms with Gasteiger partial charge in [-0.05, 0) is 56.3 Å². The molecular weight excluding hydrogens is 463 g/mol. The highest BCUT2D eigenvalue weighted by Gasteiger charge is 2.33. The van der Waals surface area contributed by atoms with Gasteiger partial charge in [-0.15, -0.1) is 0 Å². The van der Waals surface area contributed by atoms with Crippen LogP contribution >= 0.6 is 0 Å². The van der Waals surface area contributed by atoms with Crippen LogP contribution in [0.3, 0.4) is 0 Å². The zero-order valence-electron chi connectivity index (χ0n) is 20.2. The first kappa shape index (κ1) is 23.6. The second kappa shape index (κ2) is 9.85. The Hall–Kier alpha value is -4.14. The third-order valence-corrected chi connectivity index (χ3v) is 6.50. The topological polar surface area (TPSA) is 76.9 Å². The van der Waals surface area contributed by atoms with Gasteiger partial charge in [-0.2, -0.15) is 5.10 Å². The van der Waals surface area contributed by atoms with Gasteiger partial charge in [0.1, 0.15) is 12.4 Å². The fraction of sp³-hybridized carbons (Fsp3) is 0.296. The summed E-state index contributed by atoms with van der Waals surface area (Å²) in [5.41, 5.74) is 3.22. The number of fused-ring (bicyclic) bond motifs is 1. The maximum Gasteiger partial charge on any atom is 0.267 e. The van der Waals surface area contributed by atoms with Crippen molar-refractivity contribution >= 4 is 17.9 Å². The molecule has 0 N–H and O–H groups in total. The van der Waals surface area contributed by atoms with Gasteiger partial charge in [-0.25, -0.2) is 9.07 Å². The minimum Gasteiger partial charge on any atom is -0.485 e. The van der Waals surface area contributed by atoms with E-state index in [0.29, 0.717) is 37.7 Å². The molecule has 2 amide bonds. The highest BCUT2D eigenvalue weighted by Crippen LogP contribution is 2.31. The molecule has 1 unspecified atom stereocenters. The molecule has 0 radical (unpaired) electrons. The van der Waals surface area contributed by atoms with Crippen LogP contribution in [0.25, 0.3) is 11.8 Å². The monoisotopic (exact) mass is 490 g/mol. The number of carbonyl (C=O) groups excluding carboxylic acids is 2. The Morgan fingerprint density at radius 2 is 1.64 bits per heavy atom. The van der Waals surface area contributed by atoms with E-state index in [1.165, 1.54) is 12.1 Å². The predicted octanol–water partition coefficient (Wildman–Crippen LogP) is 3.15. The van der Waals surface area contributed by atoms with Crippen LogP contribution in [0.1, 0.15) is 17.0 Å². The number of ether oxygens (including phenoxy) is 2. The highest BCUT2D eigenvalue weighted by atomic mass is 19.1. The molecule has 9 heteroatoms. The van der Waals surface area contributed by atoms with E-state index in [9.17, 15) is 14.0 Å². The molecule has 36 heavy (non-hydrogen) atoms. The Bertz CT molecular complexity index is 1310. The summed E-state index contributed by atoms with van der Waals surface area (Å²) in [6.07, 6.45) is 2.62. The lowest BCUT2D eigenvalue weighted by atomic mass is 10.1. The lowest BCUT2D eigenvalue weighted by molar-refractivity contribution is -0.145. The van der Waals surface area contributed by atoms with Crippen molar-refractivity contribution in [3.05, 3.63) is 77.4 Å². The van der Waals surface area contributed by atoms with Crippen molar-refractivity contribution < 1.29 is 23.5 Å². The van der Waals surface area contributed by atoms with E-state index >= 15 is 0 Å². The van der Waals surface area contributed by atoms with E-state index in [1.54, 1.807) is 44.8 Å². The predicted molar refractivity (Wildman–Crippen MR) is 132 cm³/mol. The van der Waals surface area contributed by atoms with Crippen LogP contribution in [0.5, 0.6) is 11.5 Å². The van der Waals surface area contributed by atoms with Gasteiger partial charge in [0.05, 0.1) is 11.4 Å². The molecule has 1 aromatic heterocycles. The number of carbonyl (C=O) groups is 2. The summed E-state index contributed by atoms with van der Waals surface area (Å²) in [7, 11) is 0. The second-order valence-electron chi connectivity index (χ2n) is 8.82. The van der Waals surface area contributed by atoms with E-state index in [0.717, 1.165) is 22.6 Å². The standard InChI is InChI=1S/C27H27FN4O4/c1-18-22(19(2)32(29-18)21-9-7-20(28)8-10-21)11-12-26(33)30-13-15-31(16-14-30)27(34)25-17-35-23-5-3-4-6-24(23)36-25/h3-12,25H,13-17H2,1-2H3. The number of rotatable bonds is 4. The molecule has 0 spiro atoms. The third-order valence-electron chi connectivity index (χ3n) is 6.50. The van der Waals surface area contributed by atoms with Crippen molar-refractivity contribution in [3.63, 3.8) is 0 Å². The molecule has 8 nitrogen and oxygen atoms in total. The number of hydrogen-bond donors (Lipinski definition) is 0. The highest BCUT2D eigenvalue weighted by molar-refractivity contribution is 5.92. The zero-order valence-corrected chi connectivity index (χ0v) is 20.2. The van der Waals surface area contributed by atoms with Gasteiger partial charge in [0.2, 0.25) is 12.0 Å². The first-order valence-corrected chi connectivity index (χ1v) is 11.9. The van der Waals surface area contributed by atoms with Crippen LogP contribution in [0, 0.1) is 19.7 Å². The summed E-state index contributed by atoms with van der Waals surface area (Å²) in [4.78, 5) is 29.2. The van der Waals surface area contributed by atoms with Crippen molar-refractivity contribution in [2.24, 2.45) is 0 Å². The van der Waals surface area contributed by atoms with Gasteiger partial charge in [0.25, 0.3) is 5.91 Å². The molecule has 2 aromatic carbocycles. The lowest BCUT2D eigenvalue weighted by Gasteiger charge is -2.36. The Morgan fingerprint density at radius 3 is 2.36 bits per heavy atom. The molecular formula is C27H27FN4O4. The molecule has 1 fully saturated rings. The number of para-hydroxylation sites is 2. The maximum absolute atomic E-state index is 13.3. The number of amides is 2. The van der Waals surface area contributed by atoms with Gasteiger partial charge in [-0.3, -0.25) is 9.59 Å². The molecule has 5 rings (SSSR count). The molecule has 3 aromatic rings. The third kappa shape index (κ3) is 4.68. The minimum atomic E-state index is -0.689. The van der Waals surface area contributed by atoms with Crippen LogP contribution in [-0.2, 0) is 9.59 Å². The average molecular weight is 491 g/mol. The molecule has 1 saturated heterocycles. The number of aromatic nitrogens is 2. The Morgan fingerprint density at radius 1 is 0.972 bits per heavy atom. The Labute approximate surface area is 208 Å². The largest absolute Gasteiger partial charge is 0.485 e. The lowest BCUT2D eigenvalue weighted by Crippen LogP contribution is -2.54. The first-order chi connectivity index (χ1) is 17.4. The molecule has 3 heterocycles. The fourth-order valence-corrected chi connectivity index (χ4v) is 4.48. The summed E-state index contributed by atoms with van der Waals surface area (Å²) in [5, 5.41) is 4.54. The van der Waals surface area contributed by atoms with E-state index in [1.807, 2.05) is 32.0 Å². The molecule has 1 atom stereocenters. The van der Waals surface area contributed by atoms with Gasteiger partial charge in [0.15, 0.2) is 11.5 Å². The second-order valence-corrected chi connectivity index (χ2v) is 8.82. The normalized spacial score (nSPS) is 17.5. The summed E-state index contributed by atoms with van der Waals surface area (Å²) >= 11 is 0. The van der Waals surface area contributed by atoms with E-state index in [4.69, 9.17) is 9.47 Å². The van der Waals surface area contributed by atoms with Crippen LogP contribution in [0.4, 0.5) is 4.39 Å². The molecule has 2 aliphatic rings. The number of halogens is 1. The van der Waals surface area contributed by atoms with Crippen molar-refractivity contribution in [1.29, 1.82) is 0 Å². The Balaban J connectivity index is 1.18. The average Bonchev–Trinajstić information content (AvgIpc) is 3.19. The van der Waals surface area contributed by atoms with Gasteiger partial charge in [0, 0.05) is 43.5 Å². The summed E-state index contributed by atoms with van der Waals surface area (Å²) in [5.74, 6) is 0.637. The molecule has 0 bridgehead atoms. The summed E-state index contributed by atoms with van der Waals surface area (Å²) in [6.45, 7) is 5.69. The van der Waals surface area contributed by atoms with Crippen molar-refractivity contribution in [3.8, 4) is 17.2 Å². The number of aryl methyl sites for hydroxylation is 1. The molecule has 2 aliphatic heterocycles. The van der Waals surface area contributed by atoms with Crippen LogP contribution < -0.4 is 9.47 Å². The zero-order chi connectivity index (χ0) is 25.2. The van der Waals surface area contributed by atoms with E-state index < -0.39 is 6.10 Å². The number of hydrogen-bond acceptors (Lipinski definition) is 5. The van der Waals surface area contributed by atoms with Crippen LogP contribution in [0.2, 0.25) is 0 Å². The summed E-state index contributed by atoms with van der Waals surface area (Å²) in [6, 6.07) is 13.4. The smallest absolute Gasteiger partial charge is 0.267 e. The van der Waals surface area contributed by atoms with Crippen molar-refractivity contribution in [2.45, 2.75) is 20.0 Å². The first-order valence-electron chi connectivity index (χ1n) is 11.9. The van der Waals surface area contributed by atoms with Crippen molar-refractivity contribution in [2.75, 3.05) is 32.8 Å². The van der Waals surface area contributed by atoms with E-state index in [-0.39, 0.29) is 24.2 Å². The molecule has 0 saturated carbocycles. The fourth-order valence-electron chi connectivity index (χ4n) is 4.48. The number of piperazine rings is 1. The Kier molecular flexibility index (Phi) is 6.45. The SMILES string of the molecule is Cc1nn(-c2ccc(F)cc2)c(C)c1C=CC(=O)N1CCN(C(=O)C2COc3ccccc3O2)CC1. The molecule has 186 valence electrons. The minimum absolute atomic E-state index is 0.124. The van der Waals surface area contributed by atoms with Crippen LogP contribution in [0.15, 0.2) is 54.6 Å². The quantitative estimate of drug-likeness (QED) is 0.525. The number of nitrogens with zero attached hydrogens (tertiary/aromatic N) is 4. The molecule has 0 aliphatic carbocycles. The van der Waals surface area contributed by atoms with Gasteiger partial charge >= 0.3 is 0 Å². The van der Waals surface area contributed by atoms with Crippen molar-refractivity contribution in [1.82, 2.24) is 19.6 Å². The summed E-state index contributed by atoms with van der Waals surface area (Å²) < 4.78 is 26.5. The van der Waals surface area contributed by atoms with E-state index in [2.05, 4.69) is 5.10 Å². The number of benzene rings is 2. The van der Waals surface area contributed by atoms with Gasteiger partial charge < -0.3 is 19.3 Å².